The van der Waals surface area contributed by atoms with Gasteiger partial charge in [-0.2, -0.15) is 11.5 Å². The maximum Gasteiger partial charge on any atom is 0.235 e. The third-order valence-corrected chi connectivity index (χ3v) is 6.86. The van der Waals surface area contributed by atoms with Crippen molar-refractivity contribution in [2.45, 2.75) is 73.4 Å². The molecule has 0 saturated carbocycles. The molecule has 0 aromatic carbocycles. The second kappa shape index (κ2) is 17.7. The molecule has 0 bridgehead atoms. The maximum absolute atomic E-state index is 12.6. The van der Waals surface area contributed by atoms with E-state index in [1.807, 2.05) is 0 Å². The third kappa shape index (κ3) is 9.69. The minimum Gasteiger partial charge on any atom is -0.793 e. The Morgan fingerprint density at radius 2 is 1.23 bits per heavy atom. The Bertz CT molecular complexity index is 707. The number of carbonyl (C=O) groups excluding carboxylic acids is 2. The van der Waals surface area contributed by atoms with Gasteiger partial charge in [0.2, 0.25) is 11.8 Å². The van der Waals surface area contributed by atoms with Gasteiger partial charge in [0.15, 0.2) is 12.6 Å². The van der Waals surface area contributed by atoms with E-state index < -0.39 is 98.4 Å². The van der Waals surface area contributed by atoms with E-state index in [1.54, 1.807) is 0 Å². The molecule has 2 rings (SSSR count). The molecular weight excluding hydrogens is 747 g/mol. The van der Waals surface area contributed by atoms with Gasteiger partial charge >= 0.3 is 0 Å². The van der Waals surface area contributed by atoms with E-state index in [9.17, 15) is 40.2 Å². The number of amides is 2. The first kappa shape index (κ1) is 36.9. The molecule has 0 radical (unpaired) electrons. The van der Waals surface area contributed by atoms with Gasteiger partial charge in [-0.1, -0.05) is 6.04 Å². The van der Waals surface area contributed by atoms with Crippen molar-refractivity contribution in [3.05, 3.63) is 5.32 Å². The Kier molecular flexibility index (Phi) is 16.8. The van der Waals surface area contributed by atoms with E-state index in [0.29, 0.717) is 0 Å². The summed E-state index contributed by atoms with van der Waals surface area (Å²) in [7, 11) is 0. The molecule has 0 aromatic rings. The Morgan fingerprint density at radius 1 is 0.769 bits per heavy atom. The van der Waals surface area contributed by atoms with Crippen molar-refractivity contribution in [2.24, 2.45) is 0 Å². The van der Waals surface area contributed by atoms with Crippen LogP contribution in [0.4, 0.5) is 0 Å². The van der Waals surface area contributed by atoms with Crippen LogP contribution in [0.15, 0.2) is 0 Å². The molecular formula is C20H35N4O12PtS2-3. The van der Waals surface area contributed by atoms with E-state index in [0.717, 1.165) is 0 Å². The van der Waals surface area contributed by atoms with E-state index in [2.05, 4.69) is 21.3 Å². The molecule has 2 saturated heterocycles. The molecule has 2 fully saturated rings. The zero-order valence-corrected chi connectivity index (χ0v) is 24.4. The maximum atomic E-state index is 12.6. The summed E-state index contributed by atoms with van der Waals surface area (Å²) in [5.74, 6) is -1.74. The van der Waals surface area contributed by atoms with Crippen molar-refractivity contribution < 1.29 is 81.0 Å². The number of ether oxygens (including phenoxy) is 2. The first-order valence-corrected chi connectivity index (χ1v) is 12.9. The van der Waals surface area contributed by atoms with Gasteiger partial charge in [-0.15, -0.1) is 6.54 Å². The average molecular weight is 783 g/mol. The van der Waals surface area contributed by atoms with Crippen LogP contribution in [-0.4, -0.2) is 164 Å². The van der Waals surface area contributed by atoms with Gasteiger partial charge in [0.05, 0.1) is 19.3 Å². The van der Waals surface area contributed by atoms with Crippen molar-refractivity contribution >= 4 is 37.1 Å². The number of rotatable bonds is 13. The summed E-state index contributed by atoms with van der Waals surface area (Å²) in [6, 6.07) is -4.84. The van der Waals surface area contributed by atoms with Gasteiger partial charge in [-0.3, -0.25) is 9.59 Å². The summed E-state index contributed by atoms with van der Waals surface area (Å²) in [6.45, 7) is -1.26. The fourth-order valence-corrected chi connectivity index (χ4v) is 4.46. The van der Waals surface area contributed by atoms with Crippen molar-refractivity contribution in [3.8, 4) is 0 Å². The summed E-state index contributed by atoms with van der Waals surface area (Å²) < 4.78 is 9.99. The summed E-state index contributed by atoms with van der Waals surface area (Å²) in [5, 5.41) is 90.1. The van der Waals surface area contributed by atoms with Crippen LogP contribution in [0.3, 0.4) is 0 Å². The minimum atomic E-state index is -1.70. The number of carbonyl (C=O) groups is 2. The van der Waals surface area contributed by atoms with Crippen molar-refractivity contribution in [3.63, 3.8) is 0 Å². The van der Waals surface area contributed by atoms with Gasteiger partial charge in [0.25, 0.3) is 0 Å². The second-order valence-corrected chi connectivity index (χ2v) is 9.46. The Balaban J connectivity index is 0.00000760. The molecule has 2 heterocycles. The Labute approximate surface area is 249 Å². The molecule has 39 heavy (non-hydrogen) atoms. The number of hydrogen-bond donors (Lipinski definition) is 11. The van der Waals surface area contributed by atoms with E-state index >= 15 is 0 Å². The zero-order valence-electron chi connectivity index (χ0n) is 20.5. The quantitative estimate of drug-likeness (QED) is 0.0613. The van der Waals surface area contributed by atoms with Gasteiger partial charge < -0.3 is 96.9 Å². The topological polar surface area (TPSA) is 265 Å². The predicted molar refractivity (Wildman–Crippen MR) is 132 cm³/mol. The van der Waals surface area contributed by atoms with E-state index in [1.165, 1.54) is 0 Å². The number of aliphatic hydroxyl groups is 8. The molecule has 232 valence electrons. The fourth-order valence-electron chi connectivity index (χ4n) is 3.93. The van der Waals surface area contributed by atoms with E-state index in [-0.39, 0.29) is 45.7 Å². The first-order chi connectivity index (χ1) is 18.0. The third-order valence-electron chi connectivity index (χ3n) is 6.21. The number of aliphatic hydroxyl groups excluding tert-OH is 8. The number of hydrogen-bond acceptors (Lipinski definition) is 15. The first-order valence-electron chi connectivity index (χ1n) is 11.8. The number of nitrogens with zero attached hydrogens (tertiary/aromatic N) is 1. The summed E-state index contributed by atoms with van der Waals surface area (Å²) in [5.41, 5.74) is 0. The molecule has 19 heteroatoms. The van der Waals surface area contributed by atoms with Crippen molar-refractivity contribution in [2.75, 3.05) is 37.8 Å². The normalized spacial score (nSPS) is 36.4. The van der Waals surface area contributed by atoms with Crippen molar-refractivity contribution in [1.82, 2.24) is 16.0 Å². The van der Waals surface area contributed by atoms with Crippen LogP contribution in [-0.2, 0) is 65.4 Å². The smallest absolute Gasteiger partial charge is 0.235 e. The minimum absolute atomic E-state index is 0. The monoisotopic (exact) mass is 782 g/mol. The molecule has 2 aliphatic rings. The molecule has 0 spiro atoms. The molecule has 0 aromatic heterocycles. The summed E-state index contributed by atoms with van der Waals surface area (Å²) in [6.07, 6.45) is -12.2. The van der Waals surface area contributed by atoms with Crippen LogP contribution in [0, 0.1) is 0 Å². The van der Waals surface area contributed by atoms with Gasteiger partial charge in [0.1, 0.15) is 48.7 Å². The molecule has 2 aliphatic heterocycles. The van der Waals surface area contributed by atoms with Crippen LogP contribution in [0.1, 0.15) is 0 Å². The van der Waals surface area contributed by atoms with Gasteiger partial charge in [-0.25, -0.2) is 0 Å². The van der Waals surface area contributed by atoms with Crippen LogP contribution in [0.25, 0.3) is 5.32 Å². The van der Waals surface area contributed by atoms with Gasteiger partial charge in [-0.05, 0) is 6.54 Å². The summed E-state index contributed by atoms with van der Waals surface area (Å²) in [4.78, 5) is 25.1. The Morgan fingerprint density at radius 3 is 1.64 bits per heavy atom. The largest absolute Gasteiger partial charge is 0.793 e. The van der Waals surface area contributed by atoms with Gasteiger partial charge in [0, 0.05) is 21.1 Å². The van der Waals surface area contributed by atoms with Crippen LogP contribution in [0.2, 0.25) is 0 Å². The van der Waals surface area contributed by atoms with Crippen LogP contribution in [0.5, 0.6) is 0 Å². The van der Waals surface area contributed by atoms with Crippen LogP contribution < -0.4 is 16.0 Å². The molecule has 2 amide bonds. The van der Waals surface area contributed by atoms with Crippen LogP contribution >= 0.6 is 0 Å². The Hall–Kier alpha value is -0.152. The van der Waals surface area contributed by atoms with Crippen molar-refractivity contribution in [1.29, 1.82) is 0 Å². The fraction of sp³-hybridized carbons (Fsp3) is 0.900. The summed E-state index contributed by atoms with van der Waals surface area (Å²) >= 11 is 9.93. The molecule has 0 aliphatic carbocycles. The molecule has 2 unspecified atom stereocenters. The zero-order chi connectivity index (χ0) is 28.6. The molecule has 12 atom stereocenters. The second-order valence-electron chi connectivity index (χ2n) is 8.79. The SMILES string of the molecule is O=C(N[C@H]1C(O)O[C@H](CO)[C@@H](O)[C@@H]1O)[C@H](C[S-])[N-]CCN[C@@H](C[S-])C(=O)N[C@H]1C(O)O[C@H](CO)[C@@H](O)[C@@H]1O.[Pt]. The van der Waals surface area contributed by atoms with E-state index in [4.69, 9.17) is 44.9 Å². The standard InChI is InChI=1S/C20H37N4O12S2.Pt/c25-3-9-13(27)15(29)11(19(33)35-9)23-17(31)7(5-37)21-1-2-22-8(6-38)18(32)24-12-16(30)14(28)10(4-26)36-20(12)34;/h7-16,19-21,25-30,33-34,37-38H,1-6H2,(H,23,31)(H,24,32);/q-1;/p-2/t7-,8-,9+,10+,11+,12+,13+,14+,15+,16+,19?,20?;/m0./s1. The molecule has 11 N–H and O–H groups in total. The predicted octanol–water partition coefficient (Wildman–Crippen LogP) is -7.39. The average Bonchev–Trinajstić information content (AvgIpc) is 2.90. The molecule has 16 nitrogen and oxygen atoms in total. The number of nitrogens with one attached hydrogen (secondary N) is 3.